The summed E-state index contributed by atoms with van der Waals surface area (Å²) in [6.45, 7) is 5.89. The van der Waals surface area contributed by atoms with E-state index < -0.39 is 11.6 Å². The van der Waals surface area contributed by atoms with E-state index in [1.54, 1.807) is 17.6 Å². The Balaban J connectivity index is 1.73. The molecular weight excluding hydrogens is 411 g/mol. The molecule has 1 aromatic rings. The van der Waals surface area contributed by atoms with Crippen molar-refractivity contribution in [3.8, 4) is 0 Å². The van der Waals surface area contributed by atoms with Crippen LogP contribution in [0.5, 0.6) is 0 Å². The fourth-order valence-electron chi connectivity index (χ4n) is 5.29. The minimum Gasteiger partial charge on any atom is -0.458 e. The Morgan fingerprint density at radius 2 is 2.16 bits per heavy atom. The number of nitrogens with zero attached hydrogens (tertiary/aromatic N) is 2. The van der Waals surface area contributed by atoms with Gasteiger partial charge in [0.15, 0.2) is 5.60 Å². The van der Waals surface area contributed by atoms with Crippen LogP contribution in [0.4, 0.5) is 4.39 Å². The number of aliphatic imine (C=N–C) groups is 1. The molecule has 0 fully saturated rings. The first kappa shape index (κ1) is 21.1. The van der Waals surface area contributed by atoms with E-state index in [1.807, 2.05) is 6.92 Å². The van der Waals surface area contributed by atoms with E-state index in [2.05, 4.69) is 6.92 Å². The zero-order valence-electron chi connectivity index (χ0n) is 18.6. The molecule has 1 N–H and O–H groups in total. The van der Waals surface area contributed by atoms with Gasteiger partial charge >= 0.3 is 5.97 Å². The van der Waals surface area contributed by atoms with E-state index in [1.165, 1.54) is 6.08 Å². The molecule has 1 unspecified atom stereocenters. The Bertz CT molecular complexity index is 1230. The van der Waals surface area contributed by atoms with Crippen molar-refractivity contribution in [2.75, 3.05) is 0 Å². The molecule has 32 heavy (non-hydrogen) atoms. The van der Waals surface area contributed by atoms with E-state index in [9.17, 15) is 19.1 Å². The zero-order chi connectivity index (χ0) is 22.8. The number of pyridine rings is 1. The first-order valence-electron chi connectivity index (χ1n) is 11.3. The first-order valence-corrected chi connectivity index (χ1v) is 11.3. The lowest BCUT2D eigenvalue weighted by molar-refractivity contribution is -0.172. The van der Waals surface area contributed by atoms with Crippen LogP contribution in [-0.4, -0.2) is 21.4 Å². The van der Waals surface area contributed by atoms with Crippen molar-refractivity contribution >= 4 is 17.4 Å². The topological polar surface area (TPSA) is 80.9 Å². The Labute approximate surface area is 185 Å². The normalized spacial score (nSPS) is 28.9. The highest BCUT2D eigenvalue weighted by Gasteiger charge is 2.45. The molecule has 1 aromatic heterocycles. The summed E-state index contributed by atoms with van der Waals surface area (Å²) < 4.78 is 21.4. The number of hydrogen-bond donors (Lipinski definition) is 1. The highest BCUT2D eigenvalue weighted by molar-refractivity contribution is 6.02. The molecule has 7 heteroatoms. The summed E-state index contributed by atoms with van der Waals surface area (Å²) in [4.78, 5) is 30.6. The Kier molecular flexibility index (Phi) is 4.85. The van der Waals surface area contributed by atoms with Crippen LogP contribution < -0.4 is 5.56 Å². The standard InChI is InChI=1S/C25H27FN2O4/c1-4-25(31)19-10-21-22-17(11-28(21)23(29)18(19)12-32-24(25)30)13(2)6-5-7-15-8-16(27-22)9-20(26)14(15)3/h9-10,13,31H,4-8,11-12H2,1-3H3/b27-16+/t13?,25-/m0/s1. The minimum atomic E-state index is -1.86. The number of allylic oxidation sites excluding steroid dienone is 5. The number of aromatic nitrogens is 1. The fraction of sp³-hybridized carbons (Fsp3) is 0.480. The monoisotopic (exact) mass is 438 g/mol. The van der Waals surface area contributed by atoms with Crippen molar-refractivity contribution in [2.45, 2.75) is 71.6 Å². The summed E-state index contributed by atoms with van der Waals surface area (Å²) >= 11 is 0. The Morgan fingerprint density at radius 3 is 2.91 bits per heavy atom. The highest BCUT2D eigenvalue weighted by atomic mass is 19.1. The number of fused-ring (bicyclic) bond motifs is 5. The molecule has 0 radical (unpaired) electrons. The van der Waals surface area contributed by atoms with Crippen LogP contribution in [0.3, 0.4) is 0 Å². The average Bonchev–Trinajstić information content (AvgIpc) is 3.13. The van der Waals surface area contributed by atoms with E-state index in [0.29, 0.717) is 46.8 Å². The lowest BCUT2D eigenvalue weighted by Gasteiger charge is -2.31. The molecule has 3 aliphatic heterocycles. The lowest BCUT2D eigenvalue weighted by atomic mass is 9.85. The molecule has 0 aromatic carbocycles. The smallest absolute Gasteiger partial charge is 0.343 e. The van der Waals surface area contributed by atoms with E-state index in [4.69, 9.17) is 9.73 Å². The number of aliphatic hydroxyl groups is 1. The molecule has 0 spiro atoms. The number of ether oxygens (including phenoxy) is 1. The Hall–Kier alpha value is -2.80. The number of carbonyl (C=O) groups is 1. The van der Waals surface area contributed by atoms with Crippen molar-refractivity contribution in [2.24, 2.45) is 10.9 Å². The maximum absolute atomic E-state index is 14.6. The molecule has 6 nitrogen and oxygen atoms in total. The third-order valence-electron chi connectivity index (χ3n) is 7.46. The number of rotatable bonds is 1. The molecule has 2 atom stereocenters. The summed E-state index contributed by atoms with van der Waals surface area (Å²) in [6.07, 6.45) is 4.85. The second-order valence-corrected chi connectivity index (χ2v) is 9.27. The number of cyclic esters (lactones) is 1. The van der Waals surface area contributed by atoms with Gasteiger partial charge < -0.3 is 14.4 Å². The molecule has 0 amide bonds. The number of hydrogen-bond acceptors (Lipinski definition) is 5. The largest absolute Gasteiger partial charge is 0.458 e. The number of halogens is 1. The maximum Gasteiger partial charge on any atom is 0.343 e. The molecule has 2 bridgehead atoms. The van der Waals surface area contributed by atoms with Crippen LogP contribution in [0.1, 0.15) is 69.7 Å². The van der Waals surface area contributed by atoms with E-state index in [0.717, 1.165) is 30.4 Å². The van der Waals surface area contributed by atoms with Crippen molar-refractivity contribution in [3.63, 3.8) is 0 Å². The van der Waals surface area contributed by atoms with E-state index in [-0.39, 0.29) is 30.3 Å². The van der Waals surface area contributed by atoms with Crippen molar-refractivity contribution in [1.82, 2.24) is 4.57 Å². The van der Waals surface area contributed by atoms with Gasteiger partial charge in [0.1, 0.15) is 12.4 Å². The summed E-state index contributed by atoms with van der Waals surface area (Å²) in [5.41, 5.74) is 3.17. The maximum atomic E-state index is 14.6. The molecule has 5 rings (SSSR count). The van der Waals surface area contributed by atoms with Gasteiger partial charge in [0.05, 0.1) is 17.0 Å². The van der Waals surface area contributed by atoms with Crippen LogP contribution in [0.2, 0.25) is 0 Å². The van der Waals surface area contributed by atoms with Crippen LogP contribution in [0.15, 0.2) is 44.5 Å². The van der Waals surface area contributed by atoms with Crippen molar-refractivity contribution in [3.05, 3.63) is 61.9 Å². The second-order valence-electron chi connectivity index (χ2n) is 9.27. The Morgan fingerprint density at radius 1 is 1.38 bits per heavy atom. The van der Waals surface area contributed by atoms with Gasteiger partial charge in [-0.15, -0.1) is 0 Å². The number of esters is 1. The highest BCUT2D eigenvalue weighted by Crippen LogP contribution is 2.41. The van der Waals surface area contributed by atoms with Crippen LogP contribution in [0, 0.1) is 5.92 Å². The van der Waals surface area contributed by atoms with Gasteiger partial charge in [-0.3, -0.25) is 9.79 Å². The molecule has 4 aliphatic rings. The summed E-state index contributed by atoms with van der Waals surface area (Å²) in [6, 6.07) is 1.72. The lowest BCUT2D eigenvalue weighted by Crippen LogP contribution is -2.44. The zero-order valence-corrected chi connectivity index (χ0v) is 18.6. The molecule has 0 saturated heterocycles. The molecule has 1 aliphatic carbocycles. The minimum absolute atomic E-state index is 0.0972. The van der Waals surface area contributed by atoms with Gasteiger partial charge in [-0.2, -0.15) is 0 Å². The third-order valence-corrected chi connectivity index (χ3v) is 7.46. The van der Waals surface area contributed by atoms with Gasteiger partial charge in [-0.05, 0) is 61.8 Å². The van der Waals surface area contributed by atoms with Crippen molar-refractivity contribution < 1.29 is 19.0 Å². The molecule has 0 saturated carbocycles. The van der Waals surface area contributed by atoms with Gasteiger partial charge in [0, 0.05) is 24.2 Å². The second kappa shape index (κ2) is 7.37. The molecular formula is C25H27FN2O4. The van der Waals surface area contributed by atoms with Gasteiger partial charge in [-0.1, -0.05) is 19.4 Å². The summed E-state index contributed by atoms with van der Waals surface area (Å²) in [5.74, 6) is -0.802. The molecule has 4 heterocycles. The third kappa shape index (κ3) is 2.98. The van der Waals surface area contributed by atoms with Gasteiger partial charge in [0.25, 0.3) is 5.56 Å². The SMILES string of the molecule is CC[C@@]1(O)C(=O)OCc2c1cc1n(c2=O)CC2=C1/N=C1/C=C(F)C(C)=C(CCCC2C)C1. The summed E-state index contributed by atoms with van der Waals surface area (Å²) in [5, 5.41) is 11.1. The van der Waals surface area contributed by atoms with Crippen LogP contribution >= 0.6 is 0 Å². The van der Waals surface area contributed by atoms with Gasteiger partial charge in [-0.25, -0.2) is 9.18 Å². The first-order chi connectivity index (χ1) is 15.2. The van der Waals surface area contributed by atoms with E-state index >= 15 is 0 Å². The average molecular weight is 438 g/mol. The predicted molar refractivity (Wildman–Crippen MR) is 119 cm³/mol. The van der Waals surface area contributed by atoms with Crippen LogP contribution in [0.25, 0.3) is 5.70 Å². The quantitative estimate of drug-likeness (QED) is 0.671. The fourth-order valence-corrected chi connectivity index (χ4v) is 5.29. The predicted octanol–water partition coefficient (Wildman–Crippen LogP) is 4.06. The van der Waals surface area contributed by atoms with Gasteiger partial charge in [0.2, 0.25) is 0 Å². The molecule has 168 valence electrons. The number of carbonyl (C=O) groups excluding carboxylic acids is 1. The summed E-state index contributed by atoms with van der Waals surface area (Å²) in [7, 11) is 0. The van der Waals surface area contributed by atoms with Crippen LogP contribution in [-0.2, 0) is 28.3 Å². The van der Waals surface area contributed by atoms with Crippen molar-refractivity contribution in [1.29, 1.82) is 0 Å².